The van der Waals surface area contributed by atoms with Gasteiger partial charge in [0.1, 0.15) is 5.82 Å². The Morgan fingerprint density at radius 1 is 0.864 bits per heavy atom. The number of rotatable bonds is 2. The molecule has 2 heterocycles. The highest BCUT2D eigenvalue weighted by Crippen LogP contribution is 2.25. The fourth-order valence-electron chi connectivity index (χ4n) is 2.54. The first-order valence-corrected chi connectivity index (χ1v) is 6.95. The molecule has 0 saturated heterocycles. The molecule has 0 saturated carbocycles. The fraction of sp³-hybridized carbons (Fsp3) is 0. The van der Waals surface area contributed by atoms with Gasteiger partial charge < -0.3 is 0 Å². The molecule has 2 aromatic heterocycles. The Balaban J connectivity index is 1.82. The number of pyridine rings is 1. The average molecular weight is 289 g/mol. The van der Waals surface area contributed by atoms with Gasteiger partial charge in [0, 0.05) is 11.6 Å². The third-order valence-electron chi connectivity index (χ3n) is 3.64. The van der Waals surface area contributed by atoms with Crippen LogP contribution < -0.4 is 0 Å². The molecule has 0 fully saturated rings. The molecule has 0 radical (unpaired) electrons. The first-order chi connectivity index (χ1) is 10.8. The van der Waals surface area contributed by atoms with Crippen molar-refractivity contribution in [3.8, 4) is 16.8 Å². The Hall–Kier alpha value is -3.01. The second-order valence-corrected chi connectivity index (χ2v) is 5.05. The normalized spacial score (nSPS) is 11.0. The van der Waals surface area contributed by atoms with Crippen LogP contribution in [-0.2, 0) is 0 Å². The smallest absolute Gasteiger partial charge is 0.123 e. The fourth-order valence-corrected chi connectivity index (χ4v) is 2.54. The number of hydrogen-bond donors (Lipinski definition) is 0. The highest BCUT2D eigenvalue weighted by molar-refractivity contribution is 5.85. The minimum absolute atomic E-state index is 0.228. The molecular weight excluding hydrogens is 277 g/mol. The van der Waals surface area contributed by atoms with Crippen LogP contribution in [0.4, 0.5) is 4.39 Å². The number of hydrogen-bond acceptors (Lipinski definition) is 2. The van der Waals surface area contributed by atoms with Gasteiger partial charge in [-0.25, -0.2) is 9.07 Å². The van der Waals surface area contributed by atoms with Gasteiger partial charge in [-0.1, -0.05) is 18.2 Å². The van der Waals surface area contributed by atoms with Crippen LogP contribution in [0.15, 0.2) is 73.2 Å². The van der Waals surface area contributed by atoms with Gasteiger partial charge in [-0.15, -0.1) is 0 Å². The van der Waals surface area contributed by atoms with Gasteiger partial charge in [-0.05, 0) is 47.5 Å². The molecule has 0 spiro atoms. The molecule has 2 aromatic carbocycles. The third-order valence-corrected chi connectivity index (χ3v) is 3.64. The van der Waals surface area contributed by atoms with Crippen LogP contribution >= 0.6 is 0 Å². The van der Waals surface area contributed by atoms with Crippen LogP contribution in [0.25, 0.3) is 27.7 Å². The molecule has 22 heavy (non-hydrogen) atoms. The first-order valence-electron chi connectivity index (χ1n) is 6.95. The first kappa shape index (κ1) is 12.7. The predicted molar refractivity (Wildman–Crippen MR) is 84.3 cm³/mol. The summed E-state index contributed by atoms with van der Waals surface area (Å²) in [6.45, 7) is 0. The number of halogens is 1. The molecule has 3 nitrogen and oxygen atoms in total. The summed E-state index contributed by atoms with van der Waals surface area (Å²) in [4.78, 5) is 4.12. The molecule has 0 aliphatic rings. The zero-order valence-corrected chi connectivity index (χ0v) is 11.6. The van der Waals surface area contributed by atoms with E-state index in [0.29, 0.717) is 0 Å². The van der Waals surface area contributed by atoms with E-state index in [1.165, 1.54) is 12.1 Å². The number of benzene rings is 2. The summed E-state index contributed by atoms with van der Waals surface area (Å²) in [5, 5.41) is 5.46. The Bertz CT molecular complexity index is 928. The molecule has 4 aromatic rings. The van der Waals surface area contributed by atoms with E-state index in [0.717, 1.165) is 27.7 Å². The Labute approximate surface area is 126 Å². The van der Waals surface area contributed by atoms with Crippen LogP contribution in [0.5, 0.6) is 0 Å². The second kappa shape index (κ2) is 5.07. The largest absolute Gasteiger partial charge is 0.262 e. The minimum Gasteiger partial charge on any atom is -0.262 e. The lowest BCUT2D eigenvalue weighted by Crippen LogP contribution is -1.95. The average Bonchev–Trinajstić information content (AvgIpc) is 2.99. The summed E-state index contributed by atoms with van der Waals surface area (Å²) in [6, 6.07) is 16.4. The van der Waals surface area contributed by atoms with E-state index in [-0.39, 0.29) is 5.82 Å². The Morgan fingerprint density at radius 3 is 2.45 bits per heavy atom. The maximum atomic E-state index is 13.0. The molecule has 4 rings (SSSR count). The molecule has 4 heteroatoms. The summed E-state index contributed by atoms with van der Waals surface area (Å²) >= 11 is 0. The van der Waals surface area contributed by atoms with Gasteiger partial charge in [0.25, 0.3) is 0 Å². The molecule has 0 unspecified atom stereocenters. The lowest BCUT2D eigenvalue weighted by Gasteiger charge is -2.04. The van der Waals surface area contributed by atoms with Crippen molar-refractivity contribution in [2.24, 2.45) is 0 Å². The van der Waals surface area contributed by atoms with Gasteiger partial charge in [0.05, 0.1) is 23.6 Å². The highest BCUT2D eigenvalue weighted by atomic mass is 19.1. The van der Waals surface area contributed by atoms with E-state index in [1.807, 2.05) is 35.1 Å². The SMILES string of the molecule is Fc1ccc(-c2ccc3c(cnn3-c3cccnc3)c2)cc1. The van der Waals surface area contributed by atoms with E-state index in [9.17, 15) is 4.39 Å². The van der Waals surface area contributed by atoms with E-state index >= 15 is 0 Å². The van der Waals surface area contributed by atoms with Crippen LogP contribution in [0.2, 0.25) is 0 Å². The Kier molecular flexibility index (Phi) is 2.93. The Morgan fingerprint density at radius 2 is 1.68 bits per heavy atom. The van der Waals surface area contributed by atoms with E-state index in [4.69, 9.17) is 0 Å². The third kappa shape index (κ3) is 2.15. The summed E-state index contributed by atoms with van der Waals surface area (Å²) < 4.78 is 14.9. The van der Waals surface area contributed by atoms with Gasteiger partial charge in [-0.2, -0.15) is 5.10 Å². The number of nitrogens with zero attached hydrogens (tertiary/aromatic N) is 3. The van der Waals surface area contributed by atoms with Gasteiger partial charge in [0.15, 0.2) is 0 Å². The molecule has 0 aliphatic heterocycles. The van der Waals surface area contributed by atoms with Crippen LogP contribution in [0, 0.1) is 5.82 Å². The van der Waals surface area contributed by atoms with Crippen molar-refractivity contribution in [1.29, 1.82) is 0 Å². The van der Waals surface area contributed by atoms with Crippen LogP contribution in [-0.4, -0.2) is 14.8 Å². The lowest BCUT2D eigenvalue weighted by atomic mass is 10.0. The maximum Gasteiger partial charge on any atom is 0.123 e. The summed E-state index contributed by atoms with van der Waals surface area (Å²) in [7, 11) is 0. The van der Waals surface area contributed by atoms with Crippen molar-refractivity contribution in [2.45, 2.75) is 0 Å². The summed E-state index contributed by atoms with van der Waals surface area (Å²) in [5.41, 5.74) is 3.96. The van der Waals surface area contributed by atoms with Gasteiger partial charge in [-0.3, -0.25) is 4.98 Å². The molecule has 0 bridgehead atoms. The quantitative estimate of drug-likeness (QED) is 0.553. The monoisotopic (exact) mass is 289 g/mol. The van der Waals surface area contributed by atoms with Crippen molar-refractivity contribution in [1.82, 2.24) is 14.8 Å². The molecule has 0 amide bonds. The zero-order chi connectivity index (χ0) is 14.9. The zero-order valence-electron chi connectivity index (χ0n) is 11.6. The second-order valence-electron chi connectivity index (χ2n) is 5.05. The number of aromatic nitrogens is 3. The molecular formula is C18H12FN3. The van der Waals surface area contributed by atoms with Crippen molar-refractivity contribution in [3.05, 3.63) is 79.0 Å². The highest BCUT2D eigenvalue weighted by Gasteiger charge is 2.06. The van der Waals surface area contributed by atoms with Crippen molar-refractivity contribution in [2.75, 3.05) is 0 Å². The summed E-state index contributed by atoms with van der Waals surface area (Å²) in [5.74, 6) is -0.228. The molecule has 0 N–H and O–H groups in total. The molecule has 0 aliphatic carbocycles. The molecule has 0 atom stereocenters. The standard InChI is InChI=1S/C18H12FN3/c19-16-6-3-13(4-7-16)14-5-8-18-15(10-14)11-21-22(18)17-2-1-9-20-12-17/h1-12H. The van der Waals surface area contributed by atoms with Crippen molar-refractivity contribution in [3.63, 3.8) is 0 Å². The minimum atomic E-state index is -0.228. The van der Waals surface area contributed by atoms with E-state index < -0.39 is 0 Å². The van der Waals surface area contributed by atoms with Crippen LogP contribution in [0.3, 0.4) is 0 Å². The summed E-state index contributed by atoms with van der Waals surface area (Å²) in [6.07, 6.45) is 5.34. The van der Waals surface area contributed by atoms with Crippen molar-refractivity contribution >= 4 is 10.9 Å². The maximum absolute atomic E-state index is 13.0. The predicted octanol–water partition coefficient (Wildman–Crippen LogP) is 4.23. The van der Waals surface area contributed by atoms with Gasteiger partial charge >= 0.3 is 0 Å². The topological polar surface area (TPSA) is 30.7 Å². The van der Waals surface area contributed by atoms with Crippen molar-refractivity contribution < 1.29 is 4.39 Å². The van der Waals surface area contributed by atoms with E-state index in [2.05, 4.69) is 16.1 Å². The van der Waals surface area contributed by atoms with Gasteiger partial charge in [0.2, 0.25) is 0 Å². The number of fused-ring (bicyclic) bond motifs is 1. The molecule has 106 valence electrons. The lowest BCUT2D eigenvalue weighted by molar-refractivity contribution is 0.628. The van der Waals surface area contributed by atoms with E-state index in [1.54, 1.807) is 24.5 Å². The van der Waals surface area contributed by atoms with Crippen LogP contribution in [0.1, 0.15) is 0 Å².